The summed E-state index contributed by atoms with van der Waals surface area (Å²) in [6.07, 6.45) is 0. The first-order chi connectivity index (χ1) is 9.88. The van der Waals surface area contributed by atoms with Crippen LogP contribution in [-0.2, 0) is 0 Å². The van der Waals surface area contributed by atoms with Gasteiger partial charge >= 0.3 is 5.97 Å². The average molecular weight is 285 g/mol. The summed E-state index contributed by atoms with van der Waals surface area (Å²) in [6.45, 7) is 3.51. The fourth-order valence-corrected chi connectivity index (χ4v) is 2.05. The molecule has 0 atom stereocenters. The van der Waals surface area contributed by atoms with Gasteiger partial charge in [0.25, 0.3) is 0 Å². The SMILES string of the molecule is Cc1cc(C)c(C(=O)O)c(Nc2ccc(C(N)=O)cc2)n1. The van der Waals surface area contributed by atoms with Crippen LogP contribution in [0.4, 0.5) is 11.5 Å². The Morgan fingerprint density at radius 3 is 2.33 bits per heavy atom. The lowest BCUT2D eigenvalue weighted by atomic mass is 10.1. The lowest BCUT2D eigenvalue weighted by Gasteiger charge is -2.12. The second-order valence-corrected chi connectivity index (χ2v) is 4.68. The first-order valence-electron chi connectivity index (χ1n) is 6.27. The number of aromatic carboxylic acids is 1. The summed E-state index contributed by atoms with van der Waals surface area (Å²) in [5, 5.41) is 12.2. The number of pyridine rings is 1. The number of amides is 1. The molecule has 1 amide bonds. The van der Waals surface area contributed by atoms with Crippen LogP contribution in [-0.4, -0.2) is 22.0 Å². The Bertz CT molecular complexity index is 709. The van der Waals surface area contributed by atoms with Crippen molar-refractivity contribution in [2.75, 3.05) is 5.32 Å². The van der Waals surface area contributed by atoms with E-state index in [0.29, 0.717) is 22.5 Å². The van der Waals surface area contributed by atoms with E-state index in [2.05, 4.69) is 10.3 Å². The van der Waals surface area contributed by atoms with Crippen molar-refractivity contribution in [3.8, 4) is 0 Å². The van der Waals surface area contributed by atoms with Gasteiger partial charge in [-0.05, 0) is 49.7 Å². The lowest BCUT2D eigenvalue weighted by molar-refractivity contribution is 0.0696. The smallest absolute Gasteiger partial charge is 0.339 e. The number of nitrogens with two attached hydrogens (primary N) is 1. The quantitative estimate of drug-likeness (QED) is 0.799. The van der Waals surface area contributed by atoms with Gasteiger partial charge in [0.2, 0.25) is 5.91 Å². The monoisotopic (exact) mass is 285 g/mol. The van der Waals surface area contributed by atoms with E-state index < -0.39 is 11.9 Å². The Hall–Kier alpha value is -2.89. The van der Waals surface area contributed by atoms with Gasteiger partial charge < -0.3 is 16.2 Å². The molecule has 0 aliphatic rings. The van der Waals surface area contributed by atoms with Gasteiger partial charge in [-0.1, -0.05) is 0 Å². The Morgan fingerprint density at radius 1 is 1.19 bits per heavy atom. The van der Waals surface area contributed by atoms with Gasteiger partial charge in [0.1, 0.15) is 11.4 Å². The molecule has 0 spiro atoms. The summed E-state index contributed by atoms with van der Waals surface area (Å²) in [5.41, 5.74) is 7.65. The minimum absolute atomic E-state index is 0.125. The predicted octanol–water partition coefficient (Wildman–Crippen LogP) is 2.24. The number of primary amides is 1. The van der Waals surface area contributed by atoms with Crippen LogP contribution in [0.3, 0.4) is 0 Å². The topological polar surface area (TPSA) is 105 Å². The molecule has 6 heteroatoms. The lowest BCUT2D eigenvalue weighted by Crippen LogP contribution is -2.11. The fourth-order valence-electron chi connectivity index (χ4n) is 2.05. The van der Waals surface area contributed by atoms with Gasteiger partial charge in [-0.15, -0.1) is 0 Å². The van der Waals surface area contributed by atoms with Crippen molar-refractivity contribution in [2.45, 2.75) is 13.8 Å². The fraction of sp³-hybridized carbons (Fsp3) is 0.133. The van der Waals surface area contributed by atoms with E-state index in [-0.39, 0.29) is 11.4 Å². The van der Waals surface area contributed by atoms with Crippen molar-refractivity contribution < 1.29 is 14.7 Å². The highest BCUT2D eigenvalue weighted by Crippen LogP contribution is 2.23. The van der Waals surface area contributed by atoms with Gasteiger partial charge in [0.15, 0.2) is 0 Å². The summed E-state index contributed by atoms with van der Waals surface area (Å²) in [7, 11) is 0. The van der Waals surface area contributed by atoms with E-state index in [1.54, 1.807) is 44.2 Å². The first-order valence-corrected chi connectivity index (χ1v) is 6.27. The number of rotatable bonds is 4. The number of aromatic nitrogens is 1. The molecule has 0 unspecified atom stereocenters. The van der Waals surface area contributed by atoms with E-state index in [4.69, 9.17) is 5.73 Å². The molecule has 6 nitrogen and oxygen atoms in total. The molecule has 0 aliphatic carbocycles. The number of carboxylic acids is 1. The molecule has 1 aromatic carbocycles. The second-order valence-electron chi connectivity index (χ2n) is 4.68. The number of aryl methyl sites for hydroxylation is 2. The average Bonchev–Trinajstić information content (AvgIpc) is 2.37. The molecule has 1 aromatic heterocycles. The van der Waals surface area contributed by atoms with Gasteiger partial charge in [-0.2, -0.15) is 0 Å². The summed E-state index contributed by atoms with van der Waals surface area (Å²) < 4.78 is 0. The van der Waals surface area contributed by atoms with Gasteiger partial charge in [-0.25, -0.2) is 9.78 Å². The second kappa shape index (κ2) is 5.62. The van der Waals surface area contributed by atoms with Crippen molar-refractivity contribution in [3.05, 3.63) is 52.7 Å². The van der Waals surface area contributed by atoms with Gasteiger partial charge in [0.05, 0.1) is 0 Å². The van der Waals surface area contributed by atoms with E-state index in [1.807, 2.05) is 0 Å². The molecule has 2 aromatic rings. The third kappa shape index (κ3) is 3.17. The molecule has 0 aliphatic heterocycles. The normalized spacial score (nSPS) is 10.2. The van der Waals surface area contributed by atoms with Crippen LogP contribution >= 0.6 is 0 Å². The zero-order valence-electron chi connectivity index (χ0n) is 11.7. The highest BCUT2D eigenvalue weighted by molar-refractivity contribution is 5.96. The maximum Gasteiger partial charge on any atom is 0.339 e. The predicted molar refractivity (Wildman–Crippen MR) is 78.9 cm³/mol. The minimum atomic E-state index is -1.05. The van der Waals surface area contributed by atoms with Crippen LogP contribution < -0.4 is 11.1 Å². The zero-order valence-corrected chi connectivity index (χ0v) is 11.7. The minimum Gasteiger partial charge on any atom is -0.478 e. The molecule has 1 heterocycles. The summed E-state index contributed by atoms with van der Waals surface area (Å²) >= 11 is 0. The third-order valence-electron chi connectivity index (χ3n) is 2.99. The number of carboxylic acid groups (broad SMARTS) is 1. The number of nitrogens with one attached hydrogen (secondary N) is 1. The number of hydrogen-bond acceptors (Lipinski definition) is 4. The zero-order chi connectivity index (χ0) is 15.6. The number of hydrogen-bond donors (Lipinski definition) is 3. The van der Waals surface area contributed by atoms with Gasteiger partial charge in [0, 0.05) is 16.9 Å². The number of carbonyl (C=O) groups is 2. The van der Waals surface area contributed by atoms with Crippen molar-refractivity contribution in [3.63, 3.8) is 0 Å². The molecule has 0 bridgehead atoms. The van der Waals surface area contributed by atoms with E-state index in [9.17, 15) is 14.7 Å². The highest BCUT2D eigenvalue weighted by atomic mass is 16.4. The van der Waals surface area contributed by atoms with Crippen molar-refractivity contribution >= 4 is 23.4 Å². The van der Waals surface area contributed by atoms with Crippen LogP contribution in [0.25, 0.3) is 0 Å². The molecule has 2 rings (SSSR count). The van der Waals surface area contributed by atoms with E-state index in [1.165, 1.54) is 0 Å². The van der Waals surface area contributed by atoms with Crippen LogP contribution in [0, 0.1) is 13.8 Å². The van der Waals surface area contributed by atoms with E-state index >= 15 is 0 Å². The molecule has 0 saturated carbocycles. The summed E-state index contributed by atoms with van der Waals surface area (Å²) in [4.78, 5) is 26.6. The Labute approximate surface area is 121 Å². The van der Waals surface area contributed by atoms with Crippen molar-refractivity contribution in [1.82, 2.24) is 4.98 Å². The molecule has 108 valence electrons. The van der Waals surface area contributed by atoms with Crippen molar-refractivity contribution in [2.24, 2.45) is 5.73 Å². The van der Waals surface area contributed by atoms with Gasteiger partial charge in [-0.3, -0.25) is 4.79 Å². The van der Waals surface area contributed by atoms with Crippen LogP contribution in [0.5, 0.6) is 0 Å². The number of benzene rings is 1. The Morgan fingerprint density at radius 2 is 1.81 bits per heavy atom. The largest absolute Gasteiger partial charge is 0.478 e. The molecule has 4 N–H and O–H groups in total. The highest BCUT2D eigenvalue weighted by Gasteiger charge is 2.16. The molecule has 0 saturated heterocycles. The van der Waals surface area contributed by atoms with Crippen LogP contribution in [0.15, 0.2) is 30.3 Å². The number of anilines is 2. The van der Waals surface area contributed by atoms with Crippen molar-refractivity contribution in [1.29, 1.82) is 0 Å². The summed E-state index contributed by atoms with van der Waals surface area (Å²) in [5.74, 6) is -1.29. The number of nitrogens with zero attached hydrogens (tertiary/aromatic N) is 1. The molecular weight excluding hydrogens is 270 g/mol. The van der Waals surface area contributed by atoms with E-state index in [0.717, 1.165) is 0 Å². The molecule has 0 fully saturated rings. The standard InChI is InChI=1S/C15H15N3O3/c1-8-7-9(2)17-14(12(8)15(20)21)18-11-5-3-10(4-6-11)13(16)19/h3-7H,1-2H3,(H2,16,19)(H,17,18)(H,20,21). The molecule has 0 radical (unpaired) electrons. The Balaban J connectivity index is 2.39. The number of carbonyl (C=O) groups excluding carboxylic acids is 1. The summed E-state index contributed by atoms with van der Waals surface area (Å²) in [6, 6.07) is 8.13. The Kier molecular flexibility index (Phi) is 3.89. The third-order valence-corrected chi connectivity index (χ3v) is 2.99. The maximum atomic E-state index is 11.3. The molecule has 21 heavy (non-hydrogen) atoms. The van der Waals surface area contributed by atoms with Crippen LogP contribution in [0.2, 0.25) is 0 Å². The van der Waals surface area contributed by atoms with Crippen LogP contribution in [0.1, 0.15) is 32.0 Å². The molecular formula is C15H15N3O3. The first kappa shape index (κ1) is 14.5. The maximum absolute atomic E-state index is 11.3.